The summed E-state index contributed by atoms with van der Waals surface area (Å²) in [5, 5.41) is 15.9. The quantitative estimate of drug-likeness (QED) is 0.332. The molecule has 1 saturated heterocycles. The summed E-state index contributed by atoms with van der Waals surface area (Å²) in [5.41, 5.74) is 3.92. The summed E-state index contributed by atoms with van der Waals surface area (Å²) >= 11 is 1.21. The Hall–Kier alpha value is -4.44. The monoisotopic (exact) mass is 513 g/mol. The first-order chi connectivity index (χ1) is 18.0. The predicted molar refractivity (Wildman–Crippen MR) is 143 cm³/mol. The number of carboxylic acid groups (broad SMARTS) is 1. The van der Waals surface area contributed by atoms with Crippen molar-refractivity contribution in [3.63, 3.8) is 0 Å². The van der Waals surface area contributed by atoms with Gasteiger partial charge in [-0.3, -0.25) is 9.69 Å². The van der Waals surface area contributed by atoms with Crippen LogP contribution in [-0.2, 0) is 0 Å². The van der Waals surface area contributed by atoms with Gasteiger partial charge in [0, 0.05) is 25.3 Å². The number of aromatic nitrogens is 1. The topological polar surface area (TPSA) is 115 Å². The highest BCUT2D eigenvalue weighted by Crippen LogP contribution is 2.45. The molecule has 4 amide bonds. The molecule has 2 aromatic heterocycles. The molecule has 0 radical (unpaired) electrons. The van der Waals surface area contributed by atoms with E-state index >= 15 is 0 Å². The lowest BCUT2D eigenvalue weighted by atomic mass is 10.0. The van der Waals surface area contributed by atoms with Gasteiger partial charge in [0.15, 0.2) is 0 Å². The summed E-state index contributed by atoms with van der Waals surface area (Å²) < 4.78 is 0. The lowest BCUT2D eigenvalue weighted by Crippen LogP contribution is -2.49. The van der Waals surface area contributed by atoms with Crippen molar-refractivity contribution in [1.82, 2.24) is 15.2 Å². The number of rotatable bonds is 4. The molecule has 9 nitrogen and oxygen atoms in total. The average molecular weight is 514 g/mol. The number of nitrogens with zero attached hydrogens (tertiary/aromatic N) is 3. The number of carbonyl (C=O) groups excluding carboxylic acids is 2. The van der Waals surface area contributed by atoms with Gasteiger partial charge in [-0.15, -0.1) is 11.3 Å². The smallest absolute Gasteiger partial charge is 0.407 e. The van der Waals surface area contributed by atoms with Crippen molar-refractivity contribution in [3.05, 3.63) is 71.7 Å². The molecule has 0 saturated carbocycles. The number of benzene rings is 2. The number of nitrogens with one attached hydrogen (secondary N) is 2. The van der Waals surface area contributed by atoms with Gasteiger partial charge < -0.3 is 20.6 Å². The number of hydrogen-bond donors (Lipinski definition) is 3. The second-order valence-electron chi connectivity index (χ2n) is 9.04. The number of urea groups is 1. The van der Waals surface area contributed by atoms with Crippen molar-refractivity contribution >= 4 is 56.6 Å². The zero-order chi connectivity index (χ0) is 25.5. The Bertz CT molecular complexity index is 1520. The number of hydrogen-bond acceptors (Lipinski definition) is 5. The fourth-order valence-electron chi connectivity index (χ4n) is 4.95. The number of amides is 4. The van der Waals surface area contributed by atoms with E-state index in [1.807, 2.05) is 54.6 Å². The van der Waals surface area contributed by atoms with E-state index in [0.29, 0.717) is 51.5 Å². The summed E-state index contributed by atoms with van der Waals surface area (Å²) in [4.78, 5) is 46.3. The molecule has 10 heteroatoms. The standard InChI is InChI=1S/C27H23N5O4S/c33-24(29-18-7-4-14-31(15-18)27(35)36)23-22-21-20(12-13-28-25(21)37-23)32(26(34)30-22)19-10-8-17(9-11-19)16-5-2-1-3-6-16/h1-3,5-6,8-13,18H,4,7,14-15H2,(H,29,33)(H,30,34)(H,35,36). The van der Waals surface area contributed by atoms with E-state index in [1.54, 1.807) is 17.2 Å². The minimum Gasteiger partial charge on any atom is -0.465 e. The lowest BCUT2D eigenvalue weighted by molar-refractivity contribution is 0.0893. The number of likely N-dealkylation sites (tertiary alicyclic amines) is 1. The molecule has 0 aliphatic carbocycles. The number of carbonyl (C=O) groups is 3. The fraction of sp³-hybridized carbons (Fsp3) is 0.185. The first-order valence-corrected chi connectivity index (χ1v) is 12.8. The normalized spacial score (nSPS) is 17.0. The van der Waals surface area contributed by atoms with Crippen LogP contribution in [0.15, 0.2) is 66.9 Å². The summed E-state index contributed by atoms with van der Waals surface area (Å²) in [6.07, 6.45) is 2.01. The Morgan fingerprint density at radius 3 is 2.57 bits per heavy atom. The Morgan fingerprint density at radius 1 is 1.05 bits per heavy atom. The van der Waals surface area contributed by atoms with E-state index in [9.17, 15) is 19.5 Å². The molecule has 4 aromatic rings. The highest BCUT2D eigenvalue weighted by atomic mass is 32.1. The van der Waals surface area contributed by atoms with Crippen molar-refractivity contribution in [2.75, 3.05) is 23.3 Å². The number of thiophene rings is 1. The third-order valence-corrected chi connectivity index (χ3v) is 7.81. The Balaban J connectivity index is 1.31. The Kier molecular flexibility index (Phi) is 5.72. The maximum Gasteiger partial charge on any atom is 0.407 e. The van der Waals surface area contributed by atoms with Crippen LogP contribution in [0.2, 0.25) is 0 Å². The van der Waals surface area contributed by atoms with Crippen LogP contribution < -0.4 is 15.5 Å². The number of pyridine rings is 1. The van der Waals surface area contributed by atoms with Crippen LogP contribution in [-0.4, -0.2) is 52.2 Å². The summed E-state index contributed by atoms with van der Waals surface area (Å²) in [6, 6.07) is 18.9. The van der Waals surface area contributed by atoms with E-state index < -0.39 is 6.09 Å². The Labute approximate surface area is 216 Å². The molecule has 2 aromatic carbocycles. The van der Waals surface area contributed by atoms with Gasteiger partial charge in [-0.2, -0.15) is 0 Å². The lowest BCUT2D eigenvalue weighted by Gasteiger charge is -2.31. The van der Waals surface area contributed by atoms with Crippen LogP contribution in [0.3, 0.4) is 0 Å². The van der Waals surface area contributed by atoms with Gasteiger partial charge >= 0.3 is 12.1 Å². The summed E-state index contributed by atoms with van der Waals surface area (Å²) in [6.45, 7) is 0.700. The van der Waals surface area contributed by atoms with Crippen LogP contribution in [0.25, 0.3) is 21.3 Å². The first-order valence-electron chi connectivity index (χ1n) is 12.0. The number of anilines is 3. The molecular weight excluding hydrogens is 490 g/mol. The van der Waals surface area contributed by atoms with Gasteiger partial charge in [0.05, 0.1) is 22.4 Å². The van der Waals surface area contributed by atoms with E-state index in [0.717, 1.165) is 11.1 Å². The van der Waals surface area contributed by atoms with Gasteiger partial charge in [0.25, 0.3) is 5.91 Å². The van der Waals surface area contributed by atoms with Crippen LogP contribution in [0, 0.1) is 0 Å². The van der Waals surface area contributed by atoms with E-state index in [1.165, 1.54) is 16.2 Å². The third-order valence-electron chi connectivity index (χ3n) is 6.71. The molecule has 186 valence electrons. The molecule has 1 fully saturated rings. The molecule has 0 spiro atoms. The molecule has 37 heavy (non-hydrogen) atoms. The SMILES string of the molecule is O=C(NC1CCCN(C(=O)O)C1)c1sc2nccc3c2c1NC(=O)N3c1ccc(-c2ccccc2)cc1. The van der Waals surface area contributed by atoms with Crippen molar-refractivity contribution < 1.29 is 19.5 Å². The van der Waals surface area contributed by atoms with Crippen molar-refractivity contribution in [1.29, 1.82) is 0 Å². The summed E-state index contributed by atoms with van der Waals surface area (Å²) in [5.74, 6) is -0.345. The highest BCUT2D eigenvalue weighted by Gasteiger charge is 2.33. The van der Waals surface area contributed by atoms with Crippen molar-refractivity contribution in [2.24, 2.45) is 0 Å². The molecule has 3 N–H and O–H groups in total. The van der Waals surface area contributed by atoms with Gasteiger partial charge in [-0.25, -0.2) is 14.6 Å². The van der Waals surface area contributed by atoms with E-state index in [-0.39, 0.29) is 24.5 Å². The average Bonchev–Trinajstić information content (AvgIpc) is 3.29. The molecular formula is C27H23N5O4S. The van der Waals surface area contributed by atoms with Crippen LogP contribution >= 0.6 is 11.3 Å². The fourth-order valence-corrected chi connectivity index (χ4v) is 5.98. The van der Waals surface area contributed by atoms with E-state index in [2.05, 4.69) is 15.6 Å². The first kappa shape index (κ1) is 23.0. The summed E-state index contributed by atoms with van der Waals surface area (Å²) in [7, 11) is 0. The van der Waals surface area contributed by atoms with Gasteiger partial charge in [0.1, 0.15) is 9.71 Å². The van der Waals surface area contributed by atoms with E-state index in [4.69, 9.17) is 0 Å². The largest absolute Gasteiger partial charge is 0.465 e. The molecule has 0 bridgehead atoms. The van der Waals surface area contributed by atoms with Gasteiger partial charge in [-0.05, 0) is 42.2 Å². The zero-order valence-corrected chi connectivity index (χ0v) is 20.5. The highest BCUT2D eigenvalue weighted by molar-refractivity contribution is 7.21. The van der Waals surface area contributed by atoms with Crippen molar-refractivity contribution in [2.45, 2.75) is 18.9 Å². The number of piperidine rings is 1. The van der Waals surface area contributed by atoms with Crippen molar-refractivity contribution in [3.8, 4) is 11.1 Å². The molecule has 2 aliphatic heterocycles. The molecule has 1 atom stereocenters. The minimum absolute atomic E-state index is 0.240. The Morgan fingerprint density at radius 2 is 1.81 bits per heavy atom. The second-order valence-corrected chi connectivity index (χ2v) is 10.0. The van der Waals surface area contributed by atoms with Gasteiger partial charge in [0.2, 0.25) is 0 Å². The van der Waals surface area contributed by atoms with Crippen LogP contribution in [0.1, 0.15) is 22.5 Å². The molecule has 1 unspecified atom stereocenters. The minimum atomic E-state index is -0.992. The zero-order valence-electron chi connectivity index (χ0n) is 19.7. The maximum atomic E-state index is 13.3. The molecule has 2 aliphatic rings. The maximum absolute atomic E-state index is 13.3. The predicted octanol–water partition coefficient (Wildman–Crippen LogP) is 5.52. The van der Waals surface area contributed by atoms with Gasteiger partial charge in [-0.1, -0.05) is 42.5 Å². The molecule has 4 heterocycles. The van der Waals surface area contributed by atoms with Crippen LogP contribution in [0.4, 0.5) is 26.7 Å². The van der Waals surface area contributed by atoms with Crippen LogP contribution in [0.5, 0.6) is 0 Å². The second kappa shape index (κ2) is 9.21. The molecule has 6 rings (SSSR count). The third kappa shape index (κ3) is 4.15.